The SMILES string of the molecule is O=C(CN(c1ccccc1)S(=O)(=O)c1ccccc1)Nc1ccc(F)cc1. The lowest BCUT2D eigenvalue weighted by molar-refractivity contribution is -0.114. The molecule has 0 fully saturated rings. The molecule has 0 aliphatic rings. The van der Waals surface area contributed by atoms with Crippen LogP contribution in [0.1, 0.15) is 0 Å². The highest BCUT2D eigenvalue weighted by Crippen LogP contribution is 2.23. The fourth-order valence-electron chi connectivity index (χ4n) is 2.49. The molecular weight excluding hydrogens is 367 g/mol. The summed E-state index contributed by atoms with van der Waals surface area (Å²) in [6.45, 7) is -0.418. The van der Waals surface area contributed by atoms with Crippen molar-refractivity contribution in [2.45, 2.75) is 4.90 Å². The van der Waals surface area contributed by atoms with Crippen LogP contribution in [0.2, 0.25) is 0 Å². The van der Waals surface area contributed by atoms with E-state index in [1.54, 1.807) is 48.5 Å². The number of sulfonamides is 1. The Morgan fingerprint density at radius 1 is 0.852 bits per heavy atom. The minimum absolute atomic E-state index is 0.0865. The zero-order chi connectivity index (χ0) is 19.3. The fourth-order valence-corrected chi connectivity index (χ4v) is 3.94. The third kappa shape index (κ3) is 4.51. The molecule has 0 saturated carbocycles. The number of rotatable bonds is 6. The van der Waals surface area contributed by atoms with Crippen LogP contribution in [-0.2, 0) is 14.8 Å². The molecule has 0 aliphatic carbocycles. The molecule has 3 aromatic carbocycles. The molecule has 7 heteroatoms. The van der Waals surface area contributed by atoms with E-state index in [2.05, 4.69) is 5.32 Å². The predicted molar refractivity (Wildman–Crippen MR) is 102 cm³/mol. The van der Waals surface area contributed by atoms with Gasteiger partial charge < -0.3 is 5.32 Å². The molecule has 0 bridgehead atoms. The second-order valence-corrected chi connectivity index (χ2v) is 7.58. The van der Waals surface area contributed by atoms with Gasteiger partial charge in [0.15, 0.2) is 0 Å². The first-order chi connectivity index (χ1) is 13.0. The molecule has 1 amide bonds. The van der Waals surface area contributed by atoms with Crippen LogP contribution in [0.15, 0.2) is 89.8 Å². The van der Waals surface area contributed by atoms with Crippen molar-refractivity contribution in [1.82, 2.24) is 0 Å². The molecule has 3 aromatic rings. The van der Waals surface area contributed by atoms with Gasteiger partial charge in [-0.05, 0) is 48.5 Å². The van der Waals surface area contributed by atoms with E-state index in [1.165, 1.54) is 36.4 Å². The fraction of sp³-hybridized carbons (Fsp3) is 0.0500. The van der Waals surface area contributed by atoms with Crippen LogP contribution in [-0.4, -0.2) is 20.9 Å². The molecule has 0 spiro atoms. The van der Waals surface area contributed by atoms with E-state index in [-0.39, 0.29) is 4.90 Å². The topological polar surface area (TPSA) is 66.5 Å². The quantitative estimate of drug-likeness (QED) is 0.705. The van der Waals surface area contributed by atoms with Crippen molar-refractivity contribution in [3.8, 4) is 0 Å². The van der Waals surface area contributed by atoms with E-state index in [4.69, 9.17) is 0 Å². The van der Waals surface area contributed by atoms with Gasteiger partial charge in [-0.1, -0.05) is 36.4 Å². The summed E-state index contributed by atoms with van der Waals surface area (Å²) in [5, 5.41) is 2.58. The smallest absolute Gasteiger partial charge is 0.264 e. The number of nitrogens with zero attached hydrogens (tertiary/aromatic N) is 1. The number of hydrogen-bond donors (Lipinski definition) is 1. The Bertz CT molecular complexity index is 1010. The van der Waals surface area contributed by atoms with Gasteiger partial charge in [-0.3, -0.25) is 9.10 Å². The van der Waals surface area contributed by atoms with Gasteiger partial charge in [0.2, 0.25) is 5.91 Å². The van der Waals surface area contributed by atoms with E-state index in [0.29, 0.717) is 11.4 Å². The number of para-hydroxylation sites is 1. The number of halogens is 1. The molecule has 0 unspecified atom stereocenters. The lowest BCUT2D eigenvalue weighted by Gasteiger charge is -2.24. The molecule has 0 aromatic heterocycles. The minimum atomic E-state index is -3.94. The Kier molecular flexibility index (Phi) is 5.52. The first-order valence-electron chi connectivity index (χ1n) is 8.15. The number of anilines is 2. The minimum Gasteiger partial charge on any atom is -0.325 e. The Balaban J connectivity index is 1.89. The van der Waals surface area contributed by atoms with Crippen molar-refractivity contribution < 1.29 is 17.6 Å². The molecule has 27 heavy (non-hydrogen) atoms. The molecule has 1 N–H and O–H groups in total. The second kappa shape index (κ2) is 8.01. The van der Waals surface area contributed by atoms with E-state index in [1.807, 2.05) is 0 Å². The molecule has 5 nitrogen and oxygen atoms in total. The number of amides is 1. The molecular formula is C20H17FN2O3S. The third-order valence-corrected chi connectivity index (χ3v) is 5.58. The highest BCUT2D eigenvalue weighted by molar-refractivity contribution is 7.92. The van der Waals surface area contributed by atoms with Crippen molar-refractivity contribution in [3.63, 3.8) is 0 Å². The van der Waals surface area contributed by atoms with Crippen LogP contribution in [0.25, 0.3) is 0 Å². The van der Waals surface area contributed by atoms with E-state index in [9.17, 15) is 17.6 Å². The van der Waals surface area contributed by atoms with Crippen LogP contribution >= 0.6 is 0 Å². The van der Waals surface area contributed by atoms with Gasteiger partial charge in [0.05, 0.1) is 10.6 Å². The van der Waals surface area contributed by atoms with Crippen LogP contribution in [0.4, 0.5) is 15.8 Å². The molecule has 3 rings (SSSR count). The third-order valence-electron chi connectivity index (χ3n) is 3.79. The van der Waals surface area contributed by atoms with Gasteiger partial charge in [-0.15, -0.1) is 0 Å². The number of carbonyl (C=O) groups excluding carboxylic acids is 1. The highest BCUT2D eigenvalue weighted by atomic mass is 32.2. The van der Waals surface area contributed by atoms with Gasteiger partial charge in [0, 0.05) is 5.69 Å². The number of carbonyl (C=O) groups is 1. The Morgan fingerprint density at radius 2 is 1.41 bits per heavy atom. The summed E-state index contributed by atoms with van der Waals surface area (Å²) < 4.78 is 40.2. The summed E-state index contributed by atoms with van der Waals surface area (Å²) in [4.78, 5) is 12.5. The summed E-state index contributed by atoms with van der Waals surface area (Å²) in [7, 11) is -3.94. The van der Waals surface area contributed by atoms with Crippen molar-refractivity contribution >= 4 is 27.3 Å². The second-order valence-electron chi connectivity index (χ2n) is 5.72. The van der Waals surface area contributed by atoms with Gasteiger partial charge >= 0.3 is 0 Å². The normalized spacial score (nSPS) is 11.0. The molecule has 0 heterocycles. The van der Waals surface area contributed by atoms with Crippen molar-refractivity contribution in [2.75, 3.05) is 16.2 Å². The number of nitrogens with one attached hydrogen (secondary N) is 1. The van der Waals surface area contributed by atoms with Crippen molar-refractivity contribution in [3.05, 3.63) is 90.7 Å². The summed E-state index contributed by atoms with van der Waals surface area (Å²) in [5.41, 5.74) is 0.752. The maximum absolute atomic E-state index is 13.1. The first kappa shape index (κ1) is 18.6. The summed E-state index contributed by atoms with van der Waals surface area (Å²) in [5.74, 6) is -0.962. The monoisotopic (exact) mass is 384 g/mol. The number of hydrogen-bond acceptors (Lipinski definition) is 3. The van der Waals surface area contributed by atoms with Crippen molar-refractivity contribution in [1.29, 1.82) is 0 Å². The average molecular weight is 384 g/mol. The Morgan fingerprint density at radius 3 is 2.00 bits per heavy atom. The molecule has 0 saturated heterocycles. The first-order valence-corrected chi connectivity index (χ1v) is 9.59. The van der Waals surface area contributed by atoms with Gasteiger partial charge in [-0.2, -0.15) is 0 Å². The summed E-state index contributed by atoms with van der Waals surface area (Å²) in [6, 6.07) is 21.5. The van der Waals surface area contributed by atoms with E-state index >= 15 is 0 Å². The number of benzene rings is 3. The largest absolute Gasteiger partial charge is 0.325 e. The average Bonchev–Trinajstić information content (AvgIpc) is 2.69. The molecule has 0 atom stereocenters. The summed E-state index contributed by atoms with van der Waals surface area (Å²) in [6.07, 6.45) is 0. The van der Waals surface area contributed by atoms with Gasteiger partial charge in [0.25, 0.3) is 10.0 Å². The van der Waals surface area contributed by atoms with Crippen LogP contribution < -0.4 is 9.62 Å². The van der Waals surface area contributed by atoms with Gasteiger partial charge in [-0.25, -0.2) is 12.8 Å². The molecule has 138 valence electrons. The highest BCUT2D eigenvalue weighted by Gasteiger charge is 2.26. The molecule has 0 aliphatic heterocycles. The summed E-state index contributed by atoms with van der Waals surface area (Å²) >= 11 is 0. The van der Waals surface area contributed by atoms with Crippen LogP contribution in [0.3, 0.4) is 0 Å². The zero-order valence-electron chi connectivity index (χ0n) is 14.2. The van der Waals surface area contributed by atoms with Crippen molar-refractivity contribution in [2.24, 2.45) is 0 Å². The zero-order valence-corrected chi connectivity index (χ0v) is 15.1. The van der Waals surface area contributed by atoms with E-state index < -0.39 is 28.3 Å². The lowest BCUT2D eigenvalue weighted by atomic mass is 10.3. The standard InChI is InChI=1S/C20H17FN2O3S/c21-16-11-13-17(14-12-16)22-20(24)15-23(18-7-3-1-4-8-18)27(25,26)19-9-5-2-6-10-19/h1-14H,15H2,(H,22,24). The Hall–Kier alpha value is -3.19. The predicted octanol–water partition coefficient (Wildman–Crippen LogP) is 3.66. The maximum Gasteiger partial charge on any atom is 0.264 e. The van der Waals surface area contributed by atoms with Gasteiger partial charge in [0.1, 0.15) is 12.4 Å². The lowest BCUT2D eigenvalue weighted by Crippen LogP contribution is -2.38. The maximum atomic E-state index is 13.1. The van der Waals surface area contributed by atoms with Crippen LogP contribution in [0, 0.1) is 5.82 Å². The van der Waals surface area contributed by atoms with Crippen LogP contribution in [0.5, 0.6) is 0 Å². The molecule has 0 radical (unpaired) electrons. The van der Waals surface area contributed by atoms with E-state index in [0.717, 1.165) is 4.31 Å². The Labute approximate surface area is 157 Å².